The normalized spacial score (nSPS) is 12.3. The molecule has 9 heteroatoms. The van der Waals surface area contributed by atoms with Crippen LogP contribution in [-0.4, -0.2) is 23.0 Å². The van der Waals surface area contributed by atoms with Crippen LogP contribution in [-0.2, 0) is 6.61 Å². The zero-order valence-corrected chi connectivity index (χ0v) is 23.1. The maximum atomic E-state index is 13.4. The minimum atomic E-state index is -0.314. The Labute approximate surface area is 225 Å². The predicted octanol–water partition coefficient (Wildman–Crippen LogP) is 7.04. The summed E-state index contributed by atoms with van der Waals surface area (Å²) >= 11 is 6.93. The summed E-state index contributed by atoms with van der Waals surface area (Å²) in [7, 11) is 1.55. The number of ether oxygens (including phenoxy) is 2. The lowest BCUT2D eigenvalue weighted by Crippen LogP contribution is -2.23. The number of rotatable bonds is 8. The van der Waals surface area contributed by atoms with E-state index in [1.165, 1.54) is 16.8 Å². The minimum absolute atomic E-state index is 0.00846. The van der Waals surface area contributed by atoms with Crippen molar-refractivity contribution >= 4 is 49.0 Å². The molecule has 4 rings (SSSR count). The number of nitrogens with zero attached hydrogens (tertiary/aromatic N) is 3. The highest BCUT2D eigenvalue weighted by atomic mass is 79.9. The maximum Gasteiger partial charge on any atom is 0.282 e. The Morgan fingerprint density at radius 3 is 2.56 bits per heavy atom. The van der Waals surface area contributed by atoms with Crippen LogP contribution < -0.4 is 15.0 Å². The number of fused-ring (bicyclic) bond motifs is 1. The van der Waals surface area contributed by atoms with Gasteiger partial charge in [-0.2, -0.15) is 9.78 Å². The average molecular weight is 617 g/mol. The number of hydrogen-bond acceptors (Lipinski definition) is 5. The molecule has 0 saturated carbocycles. The van der Waals surface area contributed by atoms with E-state index in [-0.39, 0.29) is 23.9 Å². The molecular formula is C27H24Br2FN3O3. The van der Waals surface area contributed by atoms with Crippen molar-refractivity contribution in [1.82, 2.24) is 9.66 Å². The highest BCUT2D eigenvalue weighted by molar-refractivity contribution is 9.10. The fraction of sp³-hybridized carbons (Fsp3) is 0.222. The third-order valence-electron chi connectivity index (χ3n) is 5.76. The molecule has 0 aliphatic carbocycles. The zero-order chi connectivity index (χ0) is 25.8. The Balaban J connectivity index is 1.80. The molecule has 0 bridgehead atoms. The van der Waals surface area contributed by atoms with Crippen molar-refractivity contribution in [2.45, 2.75) is 32.8 Å². The van der Waals surface area contributed by atoms with Gasteiger partial charge in [0.25, 0.3) is 5.56 Å². The van der Waals surface area contributed by atoms with Crippen LogP contribution in [0, 0.1) is 5.82 Å². The molecule has 1 atom stereocenters. The molecule has 0 aliphatic heterocycles. The molecule has 0 fully saturated rings. The summed E-state index contributed by atoms with van der Waals surface area (Å²) in [6.45, 7) is 4.25. The van der Waals surface area contributed by atoms with Crippen molar-refractivity contribution in [1.29, 1.82) is 0 Å². The van der Waals surface area contributed by atoms with Crippen LogP contribution in [0.4, 0.5) is 4.39 Å². The first kappa shape index (κ1) is 26.0. The Morgan fingerprint density at radius 1 is 1.11 bits per heavy atom. The van der Waals surface area contributed by atoms with E-state index < -0.39 is 0 Å². The van der Waals surface area contributed by atoms with E-state index in [4.69, 9.17) is 14.5 Å². The quantitative estimate of drug-likeness (QED) is 0.199. The predicted molar refractivity (Wildman–Crippen MR) is 147 cm³/mol. The van der Waals surface area contributed by atoms with Gasteiger partial charge in [0.15, 0.2) is 11.5 Å². The first-order valence-corrected chi connectivity index (χ1v) is 12.9. The second kappa shape index (κ2) is 11.3. The van der Waals surface area contributed by atoms with Gasteiger partial charge in [0.1, 0.15) is 18.2 Å². The Bertz CT molecular complexity index is 1490. The molecule has 0 unspecified atom stereocenters. The lowest BCUT2D eigenvalue weighted by atomic mass is 10.1. The van der Waals surface area contributed by atoms with Gasteiger partial charge < -0.3 is 9.47 Å². The molecule has 0 saturated heterocycles. The van der Waals surface area contributed by atoms with Gasteiger partial charge in [0.05, 0.1) is 24.2 Å². The second-order valence-electron chi connectivity index (χ2n) is 8.24. The minimum Gasteiger partial charge on any atom is -0.493 e. The Hall–Kier alpha value is -3.04. The monoisotopic (exact) mass is 615 g/mol. The van der Waals surface area contributed by atoms with E-state index in [9.17, 15) is 9.18 Å². The maximum absolute atomic E-state index is 13.4. The summed E-state index contributed by atoms with van der Waals surface area (Å²) in [6, 6.07) is 15.1. The molecule has 0 aliphatic rings. The summed E-state index contributed by atoms with van der Waals surface area (Å²) < 4.78 is 27.8. The molecule has 1 heterocycles. The number of methoxy groups -OCH3 is 1. The van der Waals surface area contributed by atoms with Crippen LogP contribution in [0.25, 0.3) is 10.9 Å². The summed E-state index contributed by atoms with van der Waals surface area (Å²) in [6.07, 6.45) is 2.35. The van der Waals surface area contributed by atoms with Crippen molar-refractivity contribution in [2.75, 3.05) is 7.11 Å². The van der Waals surface area contributed by atoms with Gasteiger partial charge >= 0.3 is 0 Å². The molecule has 3 aromatic carbocycles. The Kier molecular flexibility index (Phi) is 8.21. The summed E-state index contributed by atoms with van der Waals surface area (Å²) in [5, 5.41) is 5.03. The van der Waals surface area contributed by atoms with Gasteiger partial charge in [0, 0.05) is 20.4 Å². The number of hydrogen-bond donors (Lipinski definition) is 0. The topological polar surface area (TPSA) is 65.7 Å². The molecule has 186 valence electrons. The van der Waals surface area contributed by atoms with E-state index in [1.807, 2.05) is 32.0 Å². The van der Waals surface area contributed by atoms with E-state index in [0.717, 1.165) is 20.9 Å². The zero-order valence-electron chi connectivity index (χ0n) is 20.0. The van der Waals surface area contributed by atoms with E-state index in [0.29, 0.717) is 33.8 Å². The third kappa shape index (κ3) is 5.68. The van der Waals surface area contributed by atoms with Crippen molar-refractivity contribution in [3.63, 3.8) is 0 Å². The SMILES string of the molecule is CC[C@@H](C)c1nc2ccc(Br)cc2c(=O)n1N=Cc1cc(Br)cc(OC)c1OCc1ccc(F)cc1. The standard InChI is InChI=1S/C27H24Br2FN3O3/c1-4-16(2)26-32-23-10-7-19(28)12-22(23)27(34)33(26)31-14-18-11-20(29)13-24(35-3)25(18)36-15-17-5-8-21(30)9-6-17/h5-14,16H,4,15H2,1-3H3/t16-/m1/s1. The van der Waals surface area contributed by atoms with Crippen LogP contribution in [0.15, 0.2) is 73.4 Å². The van der Waals surface area contributed by atoms with Crippen LogP contribution in [0.3, 0.4) is 0 Å². The largest absolute Gasteiger partial charge is 0.493 e. The molecule has 0 spiro atoms. The molecule has 4 aromatic rings. The van der Waals surface area contributed by atoms with Crippen molar-refractivity contribution in [3.05, 3.63) is 96.7 Å². The summed E-state index contributed by atoms with van der Waals surface area (Å²) in [5.41, 5.74) is 1.75. The summed E-state index contributed by atoms with van der Waals surface area (Å²) in [4.78, 5) is 18.2. The second-order valence-corrected chi connectivity index (χ2v) is 10.1. The van der Waals surface area contributed by atoms with Gasteiger partial charge in [-0.3, -0.25) is 4.79 Å². The molecule has 0 amide bonds. The smallest absolute Gasteiger partial charge is 0.282 e. The van der Waals surface area contributed by atoms with Gasteiger partial charge in [-0.05, 0) is 54.4 Å². The molecule has 1 aromatic heterocycles. The number of aromatic nitrogens is 2. The number of halogens is 3. The molecule has 0 N–H and O–H groups in total. The van der Waals surface area contributed by atoms with Gasteiger partial charge in [-0.1, -0.05) is 57.8 Å². The first-order chi connectivity index (χ1) is 17.3. The van der Waals surface area contributed by atoms with Crippen molar-refractivity contribution < 1.29 is 13.9 Å². The van der Waals surface area contributed by atoms with E-state index >= 15 is 0 Å². The van der Waals surface area contributed by atoms with E-state index in [2.05, 4.69) is 37.0 Å². The molecule has 0 radical (unpaired) electrons. The fourth-order valence-corrected chi connectivity index (χ4v) is 4.44. The van der Waals surface area contributed by atoms with Gasteiger partial charge in [-0.15, -0.1) is 0 Å². The van der Waals surface area contributed by atoms with Crippen molar-refractivity contribution in [2.24, 2.45) is 5.10 Å². The van der Waals surface area contributed by atoms with E-state index in [1.54, 1.807) is 37.6 Å². The number of benzene rings is 3. The Morgan fingerprint density at radius 2 is 1.86 bits per heavy atom. The van der Waals surface area contributed by atoms with Crippen LogP contribution in [0.1, 0.15) is 43.1 Å². The first-order valence-electron chi connectivity index (χ1n) is 11.3. The molecule has 36 heavy (non-hydrogen) atoms. The fourth-order valence-electron chi connectivity index (χ4n) is 3.63. The van der Waals surface area contributed by atoms with Gasteiger partial charge in [0.2, 0.25) is 0 Å². The lowest BCUT2D eigenvalue weighted by Gasteiger charge is -2.16. The average Bonchev–Trinajstić information content (AvgIpc) is 2.87. The van der Waals surface area contributed by atoms with Crippen LogP contribution >= 0.6 is 31.9 Å². The molecular weight excluding hydrogens is 593 g/mol. The van der Waals surface area contributed by atoms with Crippen molar-refractivity contribution in [3.8, 4) is 11.5 Å². The molecule has 6 nitrogen and oxygen atoms in total. The van der Waals surface area contributed by atoms with Crippen LogP contribution in [0.5, 0.6) is 11.5 Å². The highest BCUT2D eigenvalue weighted by Crippen LogP contribution is 2.35. The summed E-state index contributed by atoms with van der Waals surface area (Å²) in [5.74, 6) is 1.20. The third-order valence-corrected chi connectivity index (χ3v) is 6.71. The lowest BCUT2D eigenvalue weighted by molar-refractivity contribution is 0.284. The van der Waals surface area contributed by atoms with Gasteiger partial charge in [-0.25, -0.2) is 9.37 Å². The highest BCUT2D eigenvalue weighted by Gasteiger charge is 2.17. The van der Waals surface area contributed by atoms with Crippen LogP contribution in [0.2, 0.25) is 0 Å².